The Hall–Kier alpha value is -8.30. The zero-order valence-electron chi connectivity index (χ0n) is 50.9. The predicted octanol–water partition coefficient (Wildman–Crippen LogP) is 23.3. The molecule has 25 heteroatoms. The fourth-order valence-electron chi connectivity index (χ4n) is 7.91. The zero-order chi connectivity index (χ0) is 70.6. The van der Waals surface area contributed by atoms with Crippen LogP contribution in [0.1, 0.15) is 99.0 Å². The topological polar surface area (TPSA) is 197 Å². The van der Waals surface area contributed by atoms with E-state index in [0.29, 0.717) is 45.9 Å². The molecule has 1 aliphatic heterocycles. The molecule has 0 amide bonds. The summed E-state index contributed by atoms with van der Waals surface area (Å²) < 4.78 is 105. The number of ketones is 3. The molecule has 0 radical (unpaired) electrons. The highest BCUT2D eigenvalue weighted by atomic mass is 79.9. The molecule has 0 spiro atoms. The largest absolute Gasteiger partial charge is 0.504 e. The number of halogens is 11. The average Bonchev–Trinajstić information content (AvgIpc) is 0.816. The van der Waals surface area contributed by atoms with Crippen molar-refractivity contribution in [3.05, 3.63) is 292 Å². The maximum atomic E-state index is 13.1. The fourth-order valence-corrected chi connectivity index (χ4v) is 9.56. The fraction of sp³-hybridized carbons (Fsp3) is 0.192. The number of carbonyl (C=O) groups is 3. The second-order valence-electron chi connectivity index (χ2n) is 19.8. The molecule has 0 saturated heterocycles. The molecule has 0 aromatic heterocycles. The number of Topliss-reactive ketones (excluding diaryl/α,β-unsaturated/α-hetero) is 3. The van der Waals surface area contributed by atoms with Crippen LogP contribution in [0.3, 0.4) is 0 Å². The first kappa shape index (κ1) is 94.7. The standard InChI is InChI=1S/C15H12BrFO3.C14H12BrFO3.C14H10BrFO3.C14H10BrFO2.C8H6Br2O.C7H7FO2.6CH4/c1-19-15-8-12(17)6-7-14(15)20-9-13(18)10-2-4-11(16)5-3-10;2*15-10-3-1-9(2-4-10)13(18)8-19-14-6-5-11(16)7-12(14)17;15-10-3-1-9(2-4-10)14-8-17-12-6-5-11(16)7-13(12)18-14;9-5-8(11)6-1-3-7(10)4-2-6;1-10-7-4-5(8)2-3-6(7)9;;;;;;/h2-8H,9H2,1H3;1-7,13,17-18H,8H2;1-7,17H,8H2;1-7,14H,8H2;1-4H,5H2;2-4,9H,1H3;6*1H4. The third-order valence-corrected chi connectivity index (χ3v) is 16.1. The van der Waals surface area contributed by atoms with Crippen LogP contribution >= 0.6 is 95.6 Å². The molecule has 554 valence electrons. The van der Waals surface area contributed by atoms with E-state index >= 15 is 0 Å². The van der Waals surface area contributed by atoms with Crippen LogP contribution in [0.25, 0.3) is 0 Å². The molecule has 4 N–H and O–H groups in total. The number of aliphatic hydroxyl groups excluding tert-OH is 1. The van der Waals surface area contributed by atoms with E-state index in [9.17, 15) is 51.7 Å². The lowest BCUT2D eigenvalue weighted by Gasteiger charge is -2.26. The van der Waals surface area contributed by atoms with Gasteiger partial charge in [-0.25, -0.2) is 22.0 Å². The number of fused-ring (bicyclic) bond motifs is 1. The molecule has 0 aliphatic carbocycles. The second kappa shape index (κ2) is 48.6. The molecule has 10 aromatic rings. The Morgan fingerprint density at radius 2 is 0.777 bits per heavy atom. The van der Waals surface area contributed by atoms with Gasteiger partial charge in [-0.3, -0.25) is 14.4 Å². The van der Waals surface area contributed by atoms with Gasteiger partial charge in [0.15, 0.2) is 94.2 Å². The SMILES string of the molecule is C.C.C.C.C.C.COc1cc(F)ccc1O.COc1cc(F)ccc1OCC(=O)c1ccc(Br)cc1.Fc1ccc2c(c1)OC(c1ccc(Br)cc1)CO2.O=C(CBr)c1ccc(Br)cc1.O=C(COc1ccc(F)cc1O)c1ccc(Br)cc1.Oc1cc(F)ccc1OCC(O)c1ccc(Br)cc1. The first-order valence-electron chi connectivity index (χ1n) is 28.3. The third kappa shape index (κ3) is 32.1. The van der Waals surface area contributed by atoms with E-state index in [2.05, 4.69) is 100 Å². The monoisotopic (exact) mass is 1810 g/mol. The number of phenols is 3. The van der Waals surface area contributed by atoms with E-state index in [1.54, 1.807) is 78.9 Å². The van der Waals surface area contributed by atoms with Crippen LogP contribution in [0, 0.1) is 29.1 Å². The summed E-state index contributed by atoms with van der Waals surface area (Å²) in [6, 6.07) is 54.6. The lowest BCUT2D eigenvalue weighted by atomic mass is 10.1. The molecule has 2 unspecified atom stereocenters. The number of benzene rings is 10. The van der Waals surface area contributed by atoms with Gasteiger partial charge in [0.1, 0.15) is 48.4 Å². The summed E-state index contributed by atoms with van der Waals surface area (Å²) in [5.74, 6) is -1.23. The summed E-state index contributed by atoms with van der Waals surface area (Å²) in [5, 5.41) is 38.1. The highest BCUT2D eigenvalue weighted by Crippen LogP contribution is 2.37. The Balaban J connectivity index is 0.00000122. The molecule has 11 rings (SSSR count). The predicted molar refractivity (Wildman–Crippen MR) is 418 cm³/mol. The van der Waals surface area contributed by atoms with Gasteiger partial charge in [0.25, 0.3) is 0 Å². The third-order valence-electron chi connectivity index (χ3n) is 12.9. The maximum Gasteiger partial charge on any atom is 0.200 e. The number of hydrogen-bond acceptors (Lipinski definition) is 14. The van der Waals surface area contributed by atoms with Crippen molar-refractivity contribution in [2.75, 3.05) is 46.0 Å². The number of aromatic hydroxyl groups is 3. The van der Waals surface area contributed by atoms with E-state index in [0.717, 1.165) is 63.8 Å². The van der Waals surface area contributed by atoms with Crippen molar-refractivity contribution in [3.63, 3.8) is 0 Å². The smallest absolute Gasteiger partial charge is 0.200 e. The van der Waals surface area contributed by atoms with Gasteiger partial charge in [-0.05, 0) is 132 Å². The number of hydrogen-bond donors (Lipinski definition) is 4. The first-order valence-corrected chi connectivity index (χ1v) is 33.4. The van der Waals surface area contributed by atoms with Crippen molar-refractivity contribution < 1.29 is 89.9 Å². The maximum absolute atomic E-state index is 13.1. The van der Waals surface area contributed by atoms with Gasteiger partial charge < -0.3 is 53.6 Å². The van der Waals surface area contributed by atoms with Gasteiger partial charge in [-0.15, -0.1) is 0 Å². The second-order valence-corrected chi connectivity index (χ2v) is 24.9. The van der Waals surface area contributed by atoms with Gasteiger partial charge in [0.2, 0.25) is 0 Å². The Kier molecular flexibility index (Phi) is 44.7. The van der Waals surface area contributed by atoms with Crippen molar-refractivity contribution in [1.82, 2.24) is 0 Å². The van der Waals surface area contributed by atoms with Crippen LogP contribution in [0.4, 0.5) is 22.0 Å². The van der Waals surface area contributed by atoms with E-state index in [1.807, 2.05) is 48.5 Å². The minimum absolute atomic E-state index is 0. The summed E-state index contributed by atoms with van der Waals surface area (Å²) in [6.45, 7) is 0.0472. The summed E-state index contributed by atoms with van der Waals surface area (Å²) in [5.41, 5.74) is 3.50. The lowest BCUT2D eigenvalue weighted by molar-refractivity contribution is 0.0907. The van der Waals surface area contributed by atoms with Crippen molar-refractivity contribution in [1.29, 1.82) is 0 Å². The molecular weight excluding hydrogens is 1740 g/mol. The lowest BCUT2D eigenvalue weighted by Crippen LogP contribution is -2.21. The summed E-state index contributed by atoms with van der Waals surface area (Å²) >= 11 is 19.7. The number of aliphatic hydroxyl groups is 1. The first-order chi connectivity index (χ1) is 46.4. The molecule has 10 aromatic carbocycles. The number of ether oxygens (including phenoxy) is 7. The van der Waals surface area contributed by atoms with Crippen molar-refractivity contribution >= 4 is 113 Å². The number of phenolic OH excluding ortho intramolecular Hbond substituents is 3. The molecule has 103 heavy (non-hydrogen) atoms. The molecule has 0 saturated carbocycles. The van der Waals surface area contributed by atoms with Gasteiger partial charge >= 0.3 is 0 Å². The van der Waals surface area contributed by atoms with Crippen LogP contribution in [0.15, 0.2) is 235 Å². The summed E-state index contributed by atoms with van der Waals surface area (Å²) in [4.78, 5) is 34.8. The van der Waals surface area contributed by atoms with Crippen LogP contribution in [0.5, 0.6) is 57.5 Å². The van der Waals surface area contributed by atoms with Crippen LogP contribution in [0.2, 0.25) is 0 Å². The van der Waals surface area contributed by atoms with Gasteiger partial charge in [0.05, 0.1) is 19.5 Å². The van der Waals surface area contributed by atoms with Gasteiger partial charge in [-0.1, -0.05) is 201 Å². The van der Waals surface area contributed by atoms with Crippen LogP contribution in [-0.2, 0) is 0 Å². The molecular formula is C78H81Br6F5O14. The quantitative estimate of drug-likeness (QED) is 0.0382. The Bertz CT molecular complexity index is 4180. The Morgan fingerprint density at radius 3 is 1.20 bits per heavy atom. The Labute approximate surface area is 649 Å². The normalized spacial score (nSPS) is 11.1. The number of rotatable bonds is 17. The van der Waals surface area contributed by atoms with E-state index in [1.165, 1.54) is 68.8 Å². The number of carbonyl (C=O) groups excluding carboxylic acids is 3. The van der Waals surface area contributed by atoms with Crippen LogP contribution < -0.4 is 33.2 Å². The summed E-state index contributed by atoms with van der Waals surface area (Å²) in [6.07, 6.45) is -1.02. The zero-order valence-corrected chi connectivity index (χ0v) is 60.4. The minimum Gasteiger partial charge on any atom is -0.504 e. The molecule has 0 bridgehead atoms. The summed E-state index contributed by atoms with van der Waals surface area (Å²) in [7, 11) is 2.78. The molecule has 2 atom stereocenters. The molecule has 14 nitrogen and oxygen atoms in total. The molecule has 1 aliphatic rings. The molecule has 1 heterocycles. The van der Waals surface area contributed by atoms with E-state index in [-0.39, 0.29) is 134 Å². The average molecular weight is 1820 g/mol. The minimum atomic E-state index is -0.822. The van der Waals surface area contributed by atoms with Crippen molar-refractivity contribution in [3.8, 4) is 57.5 Å². The van der Waals surface area contributed by atoms with Gasteiger partial charge in [0, 0.05) is 69.4 Å². The highest BCUT2D eigenvalue weighted by Gasteiger charge is 2.23. The Morgan fingerprint density at radius 1 is 0.417 bits per heavy atom. The number of alkyl halides is 1. The number of methoxy groups -OCH3 is 2. The highest BCUT2D eigenvalue weighted by molar-refractivity contribution is 9.11. The molecule has 0 fully saturated rings. The van der Waals surface area contributed by atoms with Gasteiger partial charge in [-0.2, -0.15) is 0 Å². The van der Waals surface area contributed by atoms with E-state index < -0.39 is 29.4 Å². The van der Waals surface area contributed by atoms with Crippen molar-refractivity contribution in [2.45, 2.75) is 56.8 Å². The van der Waals surface area contributed by atoms with E-state index in [4.69, 9.17) is 33.5 Å². The van der Waals surface area contributed by atoms with Crippen molar-refractivity contribution in [2.24, 2.45) is 0 Å². The van der Waals surface area contributed by atoms with Crippen LogP contribution in [-0.4, -0.2) is 83.8 Å².